The Morgan fingerprint density at radius 3 is 2.86 bits per heavy atom. The Hall–Kier alpha value is -1.23. The van der Waals surface area contributed by atoms with Crippen molar-refractivity contribution in [2.75, 3.05) is 5.32 Å². The molecular formula is C9H15N5. The molecule has 0 aliphatic heterocycles. The van der Waals surface area contributed by atoms with E-state index in [4.69, 9.17) is 5.73 Å². The summed E-state index contributed by atoms with van der Waals surface area (Å²) < 4.78 is 0. The summed E-state index contributed by atoms with van der Waals surface area (Å²) in [6, 6.07) is 0.736. The first kappa shape index (κ1) is 9.33. The molecule has 5 nitrogen and oxygen atoms in total. The molecule has 0 bridgehead atoms. The number of hydrogen-bond acceptors (Lipinski definition) is 5. The first-order valence-electron chi connectivity index (χ1n) is 4.92. The van der Waals surface area contributed by atoms with Gasteiger partial charge in [-0.25, -0.2) is 4.98 Å². The minimum atomic E-state index is 0.325. The normalized spacial score (nSPS) is 26.4. The fourth-order valence-electron chi connectivity index (χ4n) is 1.73. The second-order valence-electron chi connectivity index (χ2n) is 3.84. The van der Waals surface area contributed by atoms with Crippen LogP contribution in [-0.4, -0.2) is 27.3 Å². The predicted octanol–water partition coefficient (Wildman–Crippen LogP) is 0.472. The third-order valence-corrected chi connectivity index (χ3v) is 2.48. The zero-order valence-electron chi connectivity index (χ0n) is 8.27. The van der Waals surface area contributed by atoms with Crippen LogP contribution in [0.3, 0.4) is 0 Å². The molecular weight excluding hydrogens is 178 g/mol. The number of rotatable bonds is 2. The minimum Gasteiger partial charge on any atom is -0.350 e. The summed E-state index contributed by atoms with van der Waals surface area (Å²) in [4.78, 5) is 4.14. The van der Waals surface area contributed by atoms with E-state index in [-0.39, 0.29) is 0 Å². The molecule has 5 heteroatoms. The van der Waals surface area contributed by atoms with Gasteiger partial charge in [0, 0.05) is 12.1 Å². The first-order valence-corrected chi connectivity index (χ1v) is 4.92. The van der Waals surface area contributed by atoms with E-state index in [9.17, 15) is 0 Å². The zero-order valence-corrected chi connectivity index (χ0v) is 8.27. The molecule has 1 saturated carbocycles. The fraction of sp³-hybridized carbons (Fsp3) is 0.667. The van der Waals surface area contributed by atoms with Gasteiger partial charge in [0.05, 0.1) is 11.9 Å². The third kappa shape index (κ3) is 2.17. The van der Waals surface area contributed by atoms with Crippen molar-refractivity contribution >= 4 is 5.95 Å². The van der Waals surface area contributed by atoms with Crippen LogP contribution in [0.15, 0.2) is 6.20 Å². The van der Waals surface area contributed by atoms with E-state index in [2.05, 4.69) is 20.5 Å². The Labute approximate surface area is 83.1 Å². The number of nitrogens with zero attached hydrogens (tertiary/aromatic N) is 3. The van der Waals surface area contributed by atoms with E-state index in [1.54, 1.807) is 6.20 Å². The number of hydrogen-bond donors (Lipinski definition) is 2. The first-order chi connectivity index (χ1) is 6.74. The lowest BCUT2D eigenvalue weighted by Crippen LogP contribution is -2.21. The minimum absolute atomic E-state index is 0.325. The van der Waals surface area contributed by atoms with Crippen molar-refractivity contribution < 1.29 is 0 Å². The number of aryl methyl sites for hydroxylation is 1. The molecule has 2 atom stereocenters. The van der Waals surface area contributed by atoms with Crippen molar-refractivity contribution in [3.8, 4) is 0 Å². The standard InChI is InChI=1S/C9H15N5/c1-6-5-11-9(14-13-6)12-8-3-2-7(10)4-8/h5,7-8H,2-4,10H2,1H3,(H,11,12,14). The molecule has 2 unspecified atom stereocenters. The topological polar surface area (TPSA) is 76.7 Å². The number of aromatic nitrogens is 3. The molecule has 1 heterocycles. The lowest BCUT2D eigenvalue weighted by atomic mass is 10.2. The van der Waals surface area contributed by atoms with E-state index in [1.165, 1.54) is 0 Å². The number of anilines is 1. The van der Waals surface area contributed by atoms with Gasteiger partial charge >= 0.3 is 0 Å². The second-order valence-corrected chi connectivity index (χ2v) is 3.84. The van der Waals surface area contributed by atoms with Gasteiger partial charge in [-0.15, -0.1) is 5.10 Å². The fourth-order valence-corrected chi connectivity index (χ4v) is 1.73. The van der Waals surface area contributed by atoms with Crippen LogP contribution in [0, 0.1) is 6.92 Å². The number of nitrogens with one attached hydrogen (secondary N) is 1. The molecule has 14 heavy (non-hydrogen) atoms. The van der Waals surface area contributed by atoms with Gasteiger partial charge in [-0.2, -0.15) is 5.10 Å². The van der Waals surface area contributed by atoms with Gasteiger partial charge in [0.25, 0.3) is 0 Å². The summed E-state index contributed by atoms with van der Waals surface area (Å²) in [7, 11) is 0. The molecule has 0 spiro atoms. The van der Waals surface area contributed by atoms with E-state index >= 15 is 0 Å². The van der Waals surface area contributed by atoms with Gasteiger partial charge in [0.15, 0.2) is 0 Å². The van der Waals surface area contributed by atoms with E-state index in [0.29, 0.717) is 18.0 Å². The quantitative estimate of drug-likeness (QED) is 0.714. The van der Waals surface area contributed by atoms with Crippen molar-refractivity contribution in [2.45, 2.75) is 38.3 Å². The average Bonchev–Trinajstić information content (AvgIpc) is 2.56. The predicted molar refractivity (Wildman–Crippen MR) is 53.8 cm³/mol. The SMILES string of the molecule is Cc1cnc(NC2CCC(N)C2)nn1. The summed E-state index contributed by atoms with van der Waals surface area (Å²) in [6.07, 6.45) is 4.89. The van der Waals surface area contributed by atoms with Gasteiger partial charge in [-0.3, -0.25) is 0 Å². The summed E-state index contributed by atoms with van der Waals surface area (Å²) in [5.41, 5.74) is 6.64. The monoisotopic (exact) mass is 193 g/mol. The molecule has 1 aliphatic carbocycles. The van der Waals surface area contributed by atoms with Crippen LogP contribution in [-0.2, 0) is 0 Å². The summed E-state index contributed by atoms with van der Waals surface area (Å²) in [6.45, 7) is 1.87. The largest absolute Gasteiger partial charge is 0.350 e. The molecule has 3 N–H and O–H groups in total. The molecule has 0 amide bonds. The highest BCUT2D eigenvalue weighted by Gasteiger charge is 2.21. The van der Waals surface area contributed by atoms with Crippen molar-refractivity contribution in [3.63, 3.8) is 0 Å². The summed E-state index contributed by atoms with van der Waals surface area (Å²) >= 11 is 0. The molecule has 1 fully saturated rings. The Morgan fingerprint density at radius 2 is 2.29 bits per heavy atom. The third-order valence-electron chi connectivity index (χ3n) is 2.48. The Morgan fingerprint density at radius 1 is 1.43 bits per heavy atom. The maximum absolute atomic E-state index is 5.81. The van der Waals surface area contributed by atoms with Crippen LogP contribution in [0.5, 0.6) is 0 Å². The highest BCUT2D eigenvalue weighted by atomic mass is 15.2. The highest BCUT2D eigenvalue weighted by molar-refractivity contribution is 5.24. The smallest absolute Gasteiger partial charge is 0.242 e. The van der Waals surface area contributed by atoms with Gasteiger partial charge < -0.3 is 11.1 Å². The van der Waals surface area contributed by atoms with Crippen LogP contribution in [0.1, 0.15) is 25.0 Å². The van der Waals surface area contributed by atoms with Gasteiger partial charge in [-0.1, -0.05) is 0 Å². The lowest BCUT2D eigenvalue weighted by Gasteiger charge is -2.10. The van der Waals surface area contributed by atoms with Crippen LogP contribution in [0.2, 0.25) is 0 Å². The van der Waals surface area contributed by atoms with E-state index in [0.717, 1.165) is 25.0 Å². The van der Waals surface area contributed by atoms with Crippen molar-refractivity contribution in [1.82, 2.24) is 15.2 Å². The van der Waals surface area contributed by atoms with Crippen molar-refractivity contribution in [3.05, 3.63) is 11.9 Å². The maximum atomic E-state index is 5.81. The van der Waals surface area contributed by atoms with Gasteiger partial charge in [0.1, 0.15) is 0 Å². The molecule has 2 rings (SSSR count). The lowest BCUT2D eigenvalue weighted by molar-refractivity contribution is 0.683. The van der Waals surface area contributed by atoms with Crippen LogP contribution < -0.4 is 11.1 Å². The van der Waals surface area contributed by atoms with Crippen LogP contribution in [0.4, 0.5) is 5.95 Å². The van der Waals surface area contributed by atoms with Crippen molar-refractivity contribution in [1.29, 1.82) is 0 Å². The molecule has 0 aromatic carbocycles. The zero-order chi connectivity index (χ0) is 9.97. The Balaban J connectivity index is 1.94. The second kappa shape index (κ2) is 3.88. The Bertz CT molecular complexity index is 297. The number of nitrogens with two attached hydrogens (primary N) is 1. The molecule has 1 aromatic rings. The highest BCUT2D eigenvalue weighted by Crippen LogP contribution is 2.19. The Kier molecular flexibility index (Phi) is 2.58. The van der Waals surface area contributed by atoms with E-state index < -0.39 is 0 Å². The summed E-state index contributed by atoms with van der Waals surface area (Å²) in [5.74, 6) is 0.606. The molecule has 0 radical (unpaired) electrons. The van der Waals surface area contributed by atoms with Crippen LogP contribution >= 0.6 is 0 Å². The van der Waals surface area contributed by atoms with Crippen LogP contribution in [0.25, 0.3) is 0 Å². The van der Waals surface area contributed by atoms with Gasteiger partial charge in [0.2, 0.25) is 5.95 Å². The molecule has 76 valence electrons. The molecule has 1 aliphatic rings. The average molecular weight is 193 g/mol. The summed E-state index contributed by atoms with van der Waals surface area (Å²) in [5, 5.41) is 11.1. The van der Waals surface area contributed by atoms with Crippen molar-refractivity contribution in [2.24, 2.45) is 5.73 Å². The van der Waals surface area contributed by atoms with E-state index in [1.807, 2.05) is 6.92 Å². The molecule has 1 aromatic heterocycles. The maximum Gasteiger partial charge on any atom is 0.242 e. The molecule has 0 saturated heterocycles. The van der Waals surface area contributed by atoms with Gasteiger partial charge in [-0.05, 0) is 26.2 Å².